The molecule has 1 saturated heterocycles. The maximum atomic E-state index is 12.3. The van der Waals surface area contributed by atoms with Crippen LogP contribution in [0.1, 0.15) is 32.1 Å². The molecule has 0 aromatic carbocycles. The van der Waals surface area contributed by atoms with Gasteiger partial charge in [0.05, 0.1) is 13.2 Å². The topological polar surface area (TPSA) is 29.5 Å². The van der Waals surface area contributed by atoms with Crippen LogP contribution in [0.5, 0.6) is 0 Å². The van der Waals surface area contributed by atoms with Gasteiger partial charge >= 0.3 is 0 Å². The Kier molecular flexibility index (Phi) is 4.41. The highest BCUT2D eigenvalue weighted by Crippen LogP contribution is 2.29. The zero-order valence-electron chi connectivity index (χ0n) is 9.51. The molecule has 0 unspecified atom stereocenters. The SMILES string of the molecule is O=C(C1=C(Br)CCCCC1)N1CCOCC1. The fourth-order valence-corrected chi connectivity index (χ4v) is 2.87. The largest absolute Gasteiger partial charge is 0.378 e. The fourth-order valence-electron chi connectivity index (χ4n) is 2.23. The highest BCUT2D eigenvalue weighted by atomic mass is 79.9. The van der Waals surface area contributed by atoms with Gasteiger partial charge in [0.1, 0.15) is 0 Å². The first-order valence-corrected chi connectivity index (χ1v) is 6.83. The van der Waals surface area contributed by atoms with Crippen LogP contribution in [0.15, 0.2) is 10.1 Å². The second-order valence-corrected chi connectivity index (χ2v) is 5.31. The van der Waals surface area contributed by atoms with Crippen molar-refractivity contribution in [2.75, 3.05) is 26.3 Å². The third-order valence-corrected chi connectivity index (χ3v) is 4.08. The van der Waals surface area contributed by atoms with Crippen LogP contribution in [0.25, 0.3) is 0 Å². The van der Waals surface area contributed by atoms with Crippen LogP contribution < -0.4 is 0 Å². The zero-order valence-corrected chi connectivity index (χ0v) is 11.1. The molecule has 0 aromatic rings. The van der Waals surface area contributed by atoms with Gasteiger partial charge in [-0.25, -0.2) is 0 Å². The molecule has 0 spiro atoms. The summed E-state index contributed by atoms with van der Waals surface area (Å²) in [5.74, 6) is 0.220. The van der Waals surface area contributed by atoms with Crippen LogP contribution in [0.4, 0.5) is 0 Å². The number of amides is 1. The van der Waals surface area contributed by atoms with Gasteiger partial charge in [0.2, 0.25) is 0 Å². The van der Waals surface area contributed by atoms with Crippen LogP contribution in [0, 0.1) is 0 Å². The number of allylic oxidation sites excluding steroid dienone is 1. The lowest BCUT2D eigenvalue weighted by molar-refractivity contribution is -0.131. The summed E-state index contributed by atoms with van der Waals surface area (Å²) in [6.45, 7) is 2.83. The number of hydrogen-bond acceptors (Lipinski definition) is 2. The molecule has 4 heteroatoms. The minimum Gasteiger partial charge on any atom is -0.378 e. The normalized spacial score (nSPS) is 23.2. The quantitative estimate of drug-likeness (QED) is 0.742. The van der Waals surface area contributed by atoms with E-state index in [4.69, 9.17) is 4.74 Å². The first-order chi connectivity index (χ1) is 7.79. The van der Waals surface area contributed by atoms with E-state index in [9.17, 15) is 4.79 Å². The van der Waals surface area contributed by atoms with E-state index >= 15 is 0 Å². The Labute approximate surface area is 105 Å². The van der Waals surface area contributed by atoms with Gasteiger partial charge in [-0.3, -0.25) is 4.79 Å². The summed E-state index contributed by atoms with van der Waals surface area (Å²) in [6.07, 6.45) is 5.51. The molecule has 1 fully saturated rings. The number of carbonyl (C=O) groups excluding carboxylic acids is 1. The molecular formula is C12H18BrNO2. The Bertz CT molecular complexity index is 295. The molecule has 1 heterocycles. The monoisotopic (exact) mass is 287 g/mol. The Morgan fingerprint density at radius 2 is 1.81 bits per heavy atom. The van der Waals surface area contributed by atoms with Crippen LogP contribution in [-0.4, -0.2) is 37.1 Å². The standard InChI is InChI=1S/C12H18BrNO2/c13-11-5-3-1-2-4-10(11)12(15)14-6-8-16-9-7-14/h1-9H2. The van der Waals surface area contributed by atoms with Crippen molar-refractivity contribution in [2.45, 2.75) is 32.1 Å². The highest BCUT2D eigenvalue weighted by Gasteiger charge is 2.23. The van der Waals surface area contributed by atoms with Crippen molar-refractivity contribution in [3.63, 3.8) is 0 Å². The first kappa shape index (κ1) is 12.1. The summed E-state index contributed by atoms with van der Waals surface area (Å²) in [5, 5.41) is 0. The third-order valence-electron chi connectivity index (χ3n) is 3.21. The number of morpholine rings is 1. The number of nitrogens with zero attached hydrogens (tertiary/aromatic N) is 1. The molecule has 2 rings (SSSR count). The van der Waals surface area contributed by atoms with Crippen LogP contribution in [0.2, 0.25) is 0 Å². The Hall–Kier alpha value is -0.350. The van der Waals surface area contributed by atoms with Gasteiger partial charge in [-0.1, -0.05) is 22.4 Å². The van der Waals surface area contributed by atoms with Crippen LogP contribution in [0.3, 0.4) is 0 Å². The van der Waals surface area contributed by atoms with Crippen molar-refractivity contribution in [3.05, 3.63) is 10.1 Å². The second-order valence-electron chi connectivity index (χ2n) is 4.35. The molecule has 1 aliphatic heterocycles. The molecule has 2 aliphatic rings. The van der Waals surface area contributed by atoms with E-state index in [1.165, 1.54) is 12.8 Å². The molecule has 0 aromatic heterocycles. The predicted octanol–water partition coefficient (Wildman–Crippen LogP) is 2.46. The molecule has 0 bridgehead atoms. The molecule has 90 valence electrons. The Balaban J connectivity index is 2.06. The average Bonchev–Trinajstić information content (AvgIpc) is 2.54. The minimum atomic E-state index is 0.220. The Morgan fingerprint density at radius 3 is 2.56 bits per heavy atom. The van der Waals surface area contributed by atoms with Crippen molar-refractivity contribution in [1.29, 1.82) is 0 Å². The summed E-state index contributed by atoms with van der Waals surface area (Å²) >= 11 is 3.57. The van der Waals surface area contributed by atoms with Crippen molar-refractivity contribution in [1.82, 2.24) is 4.90 Å². The van der Waals surface area contributed by atoms with Crippen molar-refractivity contribution in [3.8, 4) is 0 Å². The Morgan fingerprint density at radius 1 is 1.12 bits per heavy atom. The highest BCUT2D eigenvalue weighted by molar-refractivity contribution is 9.11. The molecule has 0 radical (unpaired) electrons. The molecule has 1 aliphatic carbocycles. The number of halogens is 1. The van der Waals surface area contributed by atoms with E-state index in [-0.39, 0.29) is 5.91 Å². The van der Waals surface area contributed by atoms with Crippen molar-refractivity contribution >= 4 is 21.8 Å². The van der Waals surface area contributed by atoms with Gasteiger partial charge in [0.15, 0.2) is 0 Å². The van der Waals surface area contributed by atoms with Crippen LogP contribution in [-0.2, 0) is 9.53 Å². The van der Waals surface area contributed by atoms with Gasteiger partial charge in [0.25, 0.3) is 5.91 Å². The maximum absolute atomic E-state index is 12.3. The lowest BCUT2D eigenvalue weighted by Crippen LogP contribution is -2.41. The molecule has 3 nitrogen and oxygen atoms in total. The predicted molar refractivity (Wildman–Crippen MR) is 66.4 cm³/mol. The minimum absolute atomic E-state index is 0.220. The summed E-state index contributed by atoms with van der Waals surface area (Å²) in [5.41, 5.74) is 0.999. The third kappa shape index (κ3) is 2.86. The summed E-state index contributed by atoms with van der Waals surface area (Å²) in [4.78, 5) is 14.2. The van der Waals surface area contributed by atoms with E-state index < -0.39 is 0 Å². The molecule has 0 N–H and O–H groups in total. The van der Waals surface area contributed by atoms with Gasteiger partial charge in [-0.2, -0.15) is 0 Å². The van der Waals surface area contributed by atoms with E-state index in [0.717, 1.165) is 42.4 Å². The van der Waals surface area contributed by atoms with E-state index in [2.05, 4.69) is 15.9 Å². The number of carbonyl (C=O) groups is 1. The fraction of sp³-hybridized carbons (Fsp3) is 0.750. The average molecular weight is 288 g/mol. The summed E-state index contributed by atoms with van der Waals surface area (Å²) in [6, 6.07) is 0. The van der Waals surface area contributed by atoms with Gasteiger partial charge < -0.3 is 9.64 Å². The lowest BCUT2D eigenvalue weighted by atomic mass is 10.1. The van der Waals surface area contributed by atoms with Gasteiger partial charge in [-0.05, 0) is 25.7 Å². The number of rotatable bonds is 1. The van der Waals surface area contributed by atoms with Gasteiger partial charge in [0, 0.05) is 23.1 Å². The summed E-state index contributed by atoms with van der Waals surface area (Å²) < 4.78 is 6.39. The smallest absolute Gasteiger partial charge is 0.250 e. The molecule has 0 atom stereocenters. The van der Waals surface area contributed by atoms with E-state index in [0.29, 0.717) is 13.2 Å². The van der Waals surface area contributed by atoms with Crippen molar-refractivity contribution < 1.29 is 9.53 Å². The molecule has 16 heavy (non-hydrogen) atoms. The summed E-state index contributed by atoms with van der Waals surface area (Å²) in [7, 11) is 0. The zero-order chi connectivity index (χ0) is 11.4. The molecule has 0 saturated carbocycles. The van der Waals surface area contributed by atoms with Crippen molar-refractivity contribution in [2.24, 2.45) is 0 Å². The van der Waals surface area contributed by atoms with E-state index in [1.807, 2.05) is 4.90 Å². The van der Waals surface area contributed by atoms with E-state index in [1.54, 1.807) is 0 Å². The first-order valence-electron chi connectivity index (χ1n) is 6.03. The second kappa shape index (κ2) is 5.82. The molecular weight excluding hydrogens is 270 g/mol. The molecule has 1 amide bonds. The maximum Gasteiger partial charge on any atom is 0.250 e. The van der Waals surface area contributed by atoms with Gasteiger partial charge in [-0.15, -0.1) is 0 Å². The van der Waals surface area contributed by atoms with Crippen LogP contribution >= 0.6 is 15.9 Å². The number of hydrogen-bond donors (Lipinski definition) is 0. The number of ether oxygens (including phenoxy) is 1. The lowest BCUT2D eigenvalue weighted by Gasteiger charge is -2.28.